The lowest BCUT2D eigenvalue weighted by atomic mass is 9.97. The molecule has 0 saturated carbocycles. The van der Waals surface area contributed by atoms with Crippen molar-refractivity contribution >= 4 is 11.6 Å². The molecule has 0 saturated heterocycles. The van der Waals surface area contributed by atoms with Gasteiger partial charge in [0.05, 0.1) is 6.04 Å². The van der Waals surface area contributed by atoms with Crippen molar-refractivity contribution in [1.29, 1.82) is 0 Å². The van der Waals surface area contributed by atoms with Crippen LogP contribution in [0.1, 0.15) is 22.7 Å². The van der Waals surface area contributed by atoms with Gasteiger partial charge in [0.2, 0.25) is 0 Å². The minimum Gasteiger partial charge on any atom is -0.271 e. The first kappa shape index (κ1) is 14.0. The fourth-order valence-corrected chi connectivity index (χ4v) is 2.29. The summed E-state index contributed by atoms with van der Waals surface area (Å²) in [4.78, 5) is 0. The summed E-state index contributed by atoms with van der Waals surface area (Å²) >= 11 is 6.12. The summed E-state index contributed by atoms with van der Waals surface area (Å²) < 4.78 is 13.9. The number of hydrazine groups is 1. The summed E-state index contributed by atoms with van der Waals surface area (Å²) in [5.74, 6) is 5.30. The maximum atomic E-state index is 13.9. The van der Waals surface area contributed by atoms with Gasteiger partial charge in [0.25, 0.3) is 0 Å². The standard InChI is InChI=1S/C15H16ClFN2/c1-10-6-7-14(17)12(8-10)15(19-18)9-11-4-2-3-5-13(11)16/h2-8,15,19H,9,18H2,1H3. The third-order valence-electron chi connectivity index (χ3n) is 3.11. The Morgan fingerprint density at radius 2 is 2.00 bits per heavy atom. The van der Waals surface area contributed by atoms with E-state index in [1.165, 1.54) is 6.07 Å². The molecule has 0 fully saturated rings. The summed E-state index contributed by atoms with van der Waals surface area (Å²) in [6.45, 7) is 1.92. The third kappa shape index (κ3) is 3.32. The van der Waals surface area contributed by atoms with E-state index in [4.69, 9.17) is 17.4 Å². The van der Waals surface area contributed by atoms with Gasteiger partial charge in [0.15, 0.2) is 0 Å². The number of nitrogens with one attached hydrogen (secondary N) is 1. The molecule has 0 amide bonds. The summed E-state index contributed by atoms with van der Waals surface area (Å²) in [6, 6.07) is 12.2. The zero-order chi connectivity index (χ0) is 13.8. The molecular formula is C15H16ClFN2. The van der Waals surface area contributed by atoms with Crippen LogP contribution >= 0.6 is 11.6 Å². The van der Waals surface area contributed by atoms with Crippen LogP contribution < -0.4 is 11.3 Å². The van der Waals surface area contributed by atoms with Crippen molar-refractivity contribution in [2.24, 2.45) is 5.84 Å². The highest BCUT2D eigenvalue weighted by Gasteiger charge is 2.16. The van der Waals surface area contributed by atoms with Crippen molar-refractivity contribution in [3.63, 3.8) is 0 Å². The summed E-state index contributed by atoms with van der Waals surface area (Å²) in [5.41, 5.74) is 5.16. The molecular weight excluding hydrogens is 263 g/mol. The molecule has 100 valence electrons. The van der Waals surface area contributed by atoms with E-state index in [0.717, 1.165) is 11.1 Å². The number of hydrogen-bond donors (Lipinski definition) is 2. The normalized spacial score (nSPS) is 12.4. The number of benzene rings is 2. The summed E-state index contributed by atoms with van der Waals surface area (Å²) in [7, 11) is 0. The van der Waals surface area contributed by atoms with E-state index in [1.54, 1.807) is 12.1 Å². The lowest BCUT2D eigenvalue weighted by Gasteiger charge is -2.18. The van der Waals surface area contributed by atoms with E-state index in [9.17, 15) is 4.39 Å². The maximum absolute atomic E-state index is 13.9. The minimum absolute atomic E-state index is 0.263. The van der Waals surface area contributed by atoms with Gasteiger partial charge in [-0.1, -0.05) is 47.5 Å². The Morgan fingerprint density at radius 3 is 2.68 bits per heavy atom. The molecule has 0 aliphatic rings. The van der Waals surface area contributed by atoms with Crippen LogP contribution in [-0.2, 0) is 6.42 Å². The highest BCUT2D eigenvalue weighted by Crippen LogP contribution is 2.25. The topological polar surface area (TPSA) is 38.0 Å². The van der Waals surface area contributed by atoms with Crippen LogP contribution in [0.25, 0.3) is 0 Å². The van der Waals surface area contributed by atoms with Crippen LogP contribution in [0.4, 0.5) is 4.39 Å². The molecule has 0 aliphatic heterocycles. The molecule has 0 heterocycles. The maximum Gasteiger partial charge on any atom is 0.128 e. The van der Waals surface area contributed by atoms with Gasteiger partial charge in [0.1, 0.15) is 5.82 Å². The number of nitrogens with two attached hydrogens (primary N) is 1. The molecule has 0 bridgehead atoms. The van der Waals surface area contributed by atoms with Gasteiger partial charge in [-0.15, -0.1) is 0 Å². The molecule has 2 rings (SSSR count). The SMILES string of the molecule is Cc1ccc(F)c(C(Cc2ccccc2Cl)NN)c1. The molecule has 0 aliphatic carbocycles. The van der Waals surface area contributed by atoms with Crippen LogP contribution in [0.2, 0.25) is 5.02 Å². The zero-order valence-electron chi connectivity index (χ0n) is 10.7. The average molecular weight is 279 g/mol. The summed E-state index contributed by atoms with van der Waals surface area (Å²) in [6.07, 6.45) is 0.538. The van der Waals surface area contributed by atoms with Gasteiger partial charge >= 0.3 is 0 Å². The monoisotopic (exact) mass is 278 g/mol. The van der Waals surface area contributed by atoms with Crippen LogP contribution in [0.3, 0.4) is 0 Å². The largest absolute Gasteiger partial charge is 0.271 e. The Labute approximate surface area is 117 Å². The van der Waals surface area contributed by atoms with Gasteiger partial charge < -0.3 is 0 Å². The highest BCUT2D eigenvalue weighted by atomic mass is 35.5. The molecule has 4 heteroatoms. The molecule has 19 heavy (non-hydrogen) atoms. The van der Waals surface area contributed by atoms with Gasteiger partial charge in [-0.2, -0.15) is 0 Å². The van der Waals surface area contributed by atoms with Crippen molar-refractivity contribution in [2.45, 2.75) is 19.4 Å². The summed E-state index contributed by atoms with van der Waals surface area (Å²) in [5, 5.41) is 0.663. The second-order valence-corrected chi connectivity index (χ2v) is 4.95. The van der Waals surface area contributed by atoms with E-state index in [1.807, 2.05) is 31.2 Å². The molecule has 0 spiro atoms. The van der Waals surface area contributed by atoms with Crippen LogP contribution in [0.5, 0.6) is 0 Å². The fraction of sp³-hybridized carbons (Fsp3) is 0.200. The van der Waals surface area contributed by atoms with E-state index in [0.29, 0.717) is 17.0 Å². The van der Waals surface area contributed by atoms with Crippen molar-refractivity contribution in [1.82, 2.24) is 5.43 Å². The van der Waals surface area contributed by atoms with Crippen LogP contribution in [-0.4, -0.2) is 0 Å². The number of rotatable bonds is 4. The van der Waals surface area contributed by atoms with E-state index in [-0.39, 0.29) is 11.9 Å². The van der Waals surface area contributed by atoms with Crippen molar-refractivity contribution in [3.8, 4) is 0 Å². The Balaban J connectivity index is 2.30. The van der Waals surface area contributed by atoms with E-state index in [2.05, 4.69) is 5.43 Å². The Kier molecular flexibility index (Phi) is 4.53. The molecule has 2 aromatic rings. The Hall–Kier alpha value is -1.42. The first-order chi connectivity index (χ1) is 9.11. The predicted molar refractivity (Wildman–Crippen MR) is 76.4 cm³/mol. The Morgan fingerprint density at radius 1 is 1.26 bits per heavy atom. The average Bonchev–Trinajstić information content (AvgIpc) is 2.41. The van der Waals surface area contributed by atoms with E-state index >= 15 is 0 Å². The predicted octanol–water partition coefficient (Wildman–Crippen LogP) is 3.53. The fourth-order valence-electron chi connectivity index (χ4n) is 2.07. The molecule has 1 atom stereocenters. The van der Waals surface area contributed by atoms with Gasteiger partial charge in [-0.05, 0) is 31.0 Å². The van der Waals surface area contributed by atoms with Gasteiger partial charge in [-0.25, -0.2) is 4.39 Å². The third-order valence-corrected chi connectivity index (χ3v) is 3.48. The first-order valence-corrected chi connectivity index (χ1v) is 6.45. The minimum atomic E-state index is -0.306. The van der Waals surface area contributed by atoms with Crippen molar-refractivity contribution in [3.05, 3.63) is 70.0 Å². The van der Waals surface area contributed by atoms with Crippen molar-refractivity contribution in [2.75, 3.05) is 0 Å². The van der Waals surface area contributed by atoms with E-state index < -0.39 is 0 Å². The van der Waals surface area contributed by atoms with Gasteiger partial charge in [-0.3, -0.25) is 11.3 Å². The molecule has 0 radical (unpaired) electrons. The first-order valence-electron chi connectivity index (χ1n) is 6.07. The molecule has 0 aromatic heterocycles. The lowest BCUT2D eigenvalue weighted by Crippen LogP contribution is -2.30. The molecule has 2 nitrogen and oxygen atoms in total. The number of halogens is 2. The lowest BCUT2D eigenvalue weighted by molar-refractivity contribution is 0.510. The molecule has 1 unspecified atom stereocenters. The zero-order valence-corrected chi connectivity index (χ0v) is 11.4. The number of aryl methyl sites for hydroxylation is 1. The number of hydrogen-bond acceptors (Lipinski definition) is 2. The highest BCUT2D eigenvalue weighted by molar-refractivity contribution is 6.31. The van der Waals surface area contributed by atoms with Gasteiger partial charge in [0, 0.05) is 10.6 Å². The second kappa shape index (κ2) is 6.15. The second-order valence-electron chi connectivity index (χ2n) is 4.54. The smallest absolute Gasteiger partial charge is 0.128 e. The molecule has 3 N–H and O–H groups in total. The van der Waals surface area contributed by atoms with Crippen LogP contribution in [0.15, 0.2) is 42.5 Å². The Bertz CT molecular complexity index is 572. The molecule has 2 aromatic carbocycles. The van der Waals surface area contributed by atoms with Crippen molar-refractivity contribution < 1.29 is 4.39 Å². The van der Waals surface area contributed by atoms with Crippen LogP contribution in [0, 0.1) is 12.7 Å². The quantitative estimate of drug-likeness (QED) is 0.663.